The van der Waals surface area contributed by atoms with Gasteiger partial charge in [0, 0.05) is 17.2 Å². The average Bonchev–Trinajstić information content (AvgIpc) is 2.87. The van der Waals surface area contributed by atoms with Crippen LogP contribution in [0.2, 0.25) is 0 Å². The van der Waals surface area contributed by atoms with Crippen LogP contribution >= 0.6 is 0 Å². The third-order valence-corrected chi connectivity index (χ3v) is 5.66. The van der Waals surface area contributed by atoms with Crippen LogP contribution < -0.4 is 14.2 Å². The fourth-order valence-electron chi connectivity index (χ4n) is 3.29. The van der Waals surface area contributed by atoms with E-state index in [-0.39, 0.29) is 37.2 Å². The largest absolute Gasteiger partial charge is 0.493 e. The highest BCUT2D eigenvalue weighted by atomic mass is 16.7. The van der Waals surface area contributed by atoms with Crippen LogP contribution in [0.3, 0.4) is 0 Å². The summed E-state index contributed by atoms with van der Waals surface area (Å²) in [6.45, 7) is 16.5. The molecule has 0 atom stereocenters. The summed E-state index contributed by atoms with van der Waals surface area (Å²) in [5.41, 5.74) is 0.835. The zero-order chi connectivity index (χ0) is 30.1. The Morgan fingerprint density at radius 3 is 1.82 bits per heavy atom. The van der Waals surface area contributed by atoms with E-state index in [4.69, 9.17) is 23.7 Å². The second-order valence-corrected chi connectivity index (χ2v) is 11.6. The van der Waals surface area contributed by atoms with Crippen LogP contribution in [0.15, 0.2) is 42.5 Å². The highest BCUT2D eigenvalue weighted by Crippen LogP contribution is 2.35. The van der Waals surface area contributed by atoms with Gasteiger partial charge in [0.25, 0.3) is 0 Å². The van der Waals surface area contributed by atoms with E-state index in [1.165, 1.54) is 6.08 Å². The predicted molar refractivity (Wildman–Crippen MR) is 154 cm³/mol. The molecule has 0 aromatic heterocycles. The lowest BCUT2D eigenvalue weighted by Gasteiger charge is -2.20. The molecule has 0 saturated carbocycles. The molecule has 0 radical (unpaired) electrons. The van der Waals surface area contributed by atoms with Gasteiger partial charge in [-0.15, -0.1) is 0 Å². The first kappa shape index (κ1) is 32.4. The molecule has 0 spiro atoms. The summed E-state index contributed by atoms with van der Waals surface area (Å²) in [5, 5.41) is 0. The minimum atomic E-state index is -0.629. The first-order chi connectivity index (χ1) is 18.6. The number of hydrogen-bond donors (Lipinski definition) is 0. The average molecular weight is 555 g/mol. The van der Waals surface area contributed by atoms with Gasteiger partial charge in [-0.3, -0.25) is 14.4 Å². The summed E-state index contributed by atoms with van der Waals surface area (Å²) in [7, 11) is 0. The van der Waals surface area contributed by atoms with Gasteiger partial charge in [0.15, 0.2) is 5.78 Å². The van der Waals surface area contributed by atoms with Gasteiger partial charge in [-0.05, 0) is 102 Å². The molecule has 0 aliphatic carbocycles. The standard InChI is InChI=1S/C32H42O8/c1-10-36-27-18-28(38-20-40-30(35)32(7,8)9)25(21(2)3)17-23(27)13-16-26(33)22-11-14-24(15-12-22)37-19-39-29(34)31(4,5)6/h11-18,21H,10,19-20H2,1-9H3. The molecule has 8 nitrogen and oxygen atoms in total. The fraction of sp³-hybridized carbons (Fsp3) is 0.469. The summed E-state index contributed by atoms with van der Waals surface area (Å²) in [5.74, 6) is 0.751. The molecule has 8 heteroatoms. The van der Waals surface area contributed by atoms with Gasteiger partial charge in [-0.25, -0.2) is 0 Å². The molecule has 0 saturated heterocycles. The Bertz CT molecular complexity index is 1200. The monoisotopic (exact) mass is 554 g/mol. The van der Waals surface area contributed by atoms with Crippen molar-refractivity contribution in [2.45, 2.75) is 68.2 Å². The van der Waals surface area contributed by atoms with Crippen molar-refractivity contribution in [3.05, 3.63) is 59.2 Å². The van der Waals surface area contributed by atoms with E-state index < -0.39 is 10.8 Å². The Labute approximate surface area is 237 Å². The molecule has 0 N–H and O–H groups in total. The van der Waals surface area contributed by atoms with Crippen LogP contribution in [0.25, 0.3) is 6.08 Å². The van der Waals surface area contributed by atoms with Gasteiger partial charge < -0.3 is 23.7 Å². The number of allylic oxidation sites excluding steroid dienone is 1. The molecular formula is C32H42O8. The molecule has 2 aromatic rings. The minimum Gasteiger partial charge on any atom is -0.493 e. The number of benzene rings is 2. The van der Waals surface area contributed by atoms with Crippen LogP contribution in [0, 0.1) is 10.8 Å². The summed E-state index contributed by atoms with van der Waals surface area (Å²) in [6.07, 6.45) is 3.19. The molecule has 0 unspecified atom stereocenters. The number of carbonyl (C=O) groups is 3. The molecule has 0 aliphatic rings. The first-order valence-corrected chi connectivity index (χ1v) is 13.4. The third kappa shape index (κ3) is 9.74. The number of carbonyl (C=O) groups excluding carboxylic acids is 3. The quantitative estimate of drug-likeness (QED) is 0.120. The summed E-state index contributed by atoms with van der Waals surface area (Å²) >= 11 is 0. The lowest BCUT2D eigenvalue weighted by atomic mass is 9.97. The molecule has 0 aliphatic heterocycles. The molecule has 218 valence electrons. The molecular weight excluding hydrogens is 512 g/mol. The van der Waals surface area contributed by atoms with E-state index in [0.29, 0.717) is 29.4 Å². The van der Waals surface area contributed by atoms with Crippen molar-refractivity contribution in [2.24, 2.45) is 10.8 Å². The Morgan fingerprint density at radius 1 is 0.775 bits per heavy atom. The predicted octanol–water partition coefficient (Wildman–Crippen LogP) is 6.96. The van der Waals surface area contributed by atoms with Crippen LogP contribution in [0.5, 0.6) is 17.2 Å². The maximum atomic E-state index is 12.9. The van der Waals surface area contributed by atoms with E-state index in [9.17, 15) is 14.4 Å². The lowest BCUT2D eigenvalue weighted by molar-refractivity contribution is -0.160. The van der Waals surface area contributed by atoms with Crippen molar-refractivity contribution in [2.75, 3.05) is 20.2 Å². The van der Waals surface area contributed by atoms with Crippen LogP contribution in [-0.2, 0) is 19.1 Å². The number of esters is 2. The third-order valence-electron chi connectivity index (χ3n) is 5.66. The van der Waals surface area contributed by atoms with Gasteiger partial charge in [-0.1, -0.05) is 13.8 Å². The van der Waals surface area contributed by atoms with Crippen molar-refractivity contribution < 1.29 is 38.1 Å². The van der Waals surface area contributed by atoms with E-state index in [1.807, 2.05) is 26.8 Å². The molecule has 2 rings (SSSR count). The fourth-order valence-corrected chi connectivity index (χ4v) is 3.29. The van der Waals surface area contributed by atoms with Crippen LogP contribution in [0.4, 0.5) is 0 Å². The Kier molecular flexibility index (Phi) is 11.3. The SMILES string of the molecule is CCOc1cc(OCOC(=O)C(C)(C)C)c(C(C)C)cc1C=CC(=O)c1ccc(OCOC(=O)C(C)(C)C)cc1. The molecule has 0 amide bonds. The number of ether oxygens (including phenoxy) is 5. The van der Waals surface area contributed by atoms with Crippen molar-refractivity contribution in [1.29, 1.82) is 0 Å². The zero-order valence-corrected chi connectivity index (χ0v) is 25.1. The normalized spacial score (nSPS) is 11.8. The van der Waals surface area contributed by atoms with Gasteiger partial charge >= 0.3 is 11.9 Å². The maximum absolute atomic E-state index is 12.9. The smallest absolute Gasteiger partial charge is 0.314 e. The lowest BCUT2D eigenvalue weighted by Crippen LogP contribution is -2.24. The summed E-state index contributed by atoms with van der Waals surface area (Å²) in [6, 6.07) is 10.3. The number of rotatable bonds is 12. The van der Waals surface area contributed by atoms with Crippen LogP contribution in [-0.4, -0.2) is 37.9 Å². The van der Waals surface area contributed by atoms with Crippen molar-refractivity contribution in [3.8, 4) is 17.2 Å². The van der Waals surface area contributed by atoms with Crippen LogP contribution in [0.1, 0.15) is 89.7 Å². The van der Waals surface area contributed by atoms with Gasteiger partial charge in [0.2, 0.25) is 13.6 Å². The summed E-state index contributed by atoms with van der Waals surface area (Å²) in [4.78, 5) is 36.8. The van der Waals surface area contributed by atoms with Gasteiger partial charge in [0.05, 0.1) is 17.4 Å². The molecule has 0 fully saturated rings. The maximum Gasteiger partial charge on any atom is 0.314 e. The van der Waals surface area contributed by atoms with Crippen molar-refractivity contribution >= 4 is 23.8 Å². The van der Waals surface area contributed by atoms with Crippen molar-refractivity contribution in [3.63, 3.8) is 0 Å². The summed E-state index contributed by atoms with van der Waals surface area (Å²) < 4.78 is 27.5. The highest BCUT2D eigenvalue weighted by Gasteiger charge is 2.24. The number of hydrogen-bond acceptors (Lipinski definition) is 8. The highest BCUT2D eigenvalue weighted by molar-refractivity contribution is 6.07. The van der Waals surface area contributed by atoms with E-state index in [1.54, 1.807) is 78.0 Å². The van der Waals surface area contributed by atoms with Crippen molar-refractivity contribution in [1.82, 2.24) is 0 Å². The van der Waals surface area contributed by atoms with E-state index in [0.717, 1.165) is 11.1 Å². The molecule has 0 heterocycles. The second kappa shape index (κ2) is 14.0. The Balaban J connectivity index is 2.15. The molecule has 2 aromatic carbocycles. The molecule has 0 bridgehead atoms. The second-order valence-electron chi connectivity index (χ2n) is 11.6. The van der Waals surface area contributed by atoms with Gasteiger partial charge in [-0.2, -0.15) is 0 Å². The van der Waals surface area contributed by atoms with E-state index >= 15 is 0 Å². The molecule has 40 heavy (non-hydrogen) atoms. The first-order valence-electron chi connectivity index (χ1n) is 13.4. The topological polar surface area (TPSA) is 97.4 Å². The Morgan fingerprint density at radius 2 is 1.32 bits per heavy atom. The zero-order valence-electron chi connectivity index (χ0n) is 25.1. The minimum absolute atomic E-state index is 0.0991. The Hall–Kier alpha value is -3.81. The van der Waals surface area contributed by atoms with E-state index in [2.05, 4.69) is 0 Å². The number of ketones is 1. The van der Waals surface area contributed by atoms with Gasteiger partial charge in [0.1, 0.15) is 17.2 Å².